The first-order chi connectivity index (χ1) is 12.0. The van der Waals surface area contributed by atoms with Crippen LogP contribution >= 0.6 is 0 Å². The molecule has 0 aromatic heterocycles. The average molecular weight is 330 g/mol. The second kappa shape index (κ2) is 7.22. The summed E-state index contributed by atoms with van der Waals surface area (Å²) in [5, 5.41) is 3.02. The monoisotopic (exact) mass is 330 g/mol. The number of hydrogen-bond donors (Lipinski definition) is 1. The van der Waals surface area contributed by atoms with E-state index in [0.717, 1.165) is 28.1 Å². The van der Waals surface area contributed by atoms with Crippen molar-refractivity contribution < 1.29 is 4.79 Å². The molecule has 1 N–H and O–H groups in total. The fourth-order valence-electron chi connectivity index (χ4n) is 2.67. The second-order valence-electron chi connectivity index (χ2n) is 6.29. The fraction of sp³-hybridized carbons (Fsp3) is 0.136. The first-order valence-corrected chi connectivity index (χ1v) is 8.29. The van der Waals surface area contributed by atoms with Gasteiger partial charge in [0.25, 0.3) is 5.91 Å². The Hall–Kier alpha value is -3.07. The Morgan fingerprint density at radius 2 is 1.48 bits per heavy atom. The molecule has 0 atom stereocenters. The van der Waals surface area contributed by atoms with E-state index in [-0.39, 0.29) is 5.91 Å². The molecular weight excluding hydrogens is 308 g/mol. The van der Waals surface area contributed by atoms with Crippen LogP contribution in [-0.2, 0) is 0 Å². The molecule has 3 rings (SSSR count). The van der Waals surface area contributed by atoms with Crippen molar-refractivity contribution in [3.8, 4) is 11.1 Å². The zero-order chi connectivity index (χ0) is 17.8. The number of nitrogens with one attached hydrogen (secondary N) is 1. The number of anilines is 2. The number of hydrogen-bond acceptors (Lipinski definition) is 2. The summed E-state index contributed by atoms with van der Waals surface area (Å²) in [4.78, 5) is 14.5. The highest BCUT2D eigenvalue weighted by molar-refractivity contribution is 6.04. The average Bonchev–Trinajstić information content (AvgIpc) is 2.64. The molecule has 3 aromatic rings. The maximum atomic E-state index is 12.4. The maximum absolute atomic E-state index is 12.4. The first-order valence-electron chi connectivity index (χ1n) is 8.29. The summed E-state index contributed by atoms with van der Waals surface area (Å²) in [5.41, 5.74) is 5.90. The van der Waals surface area contributed by atoms with Crippen LogP contribution in [0, 0.1) is 6.92 Å². The maximum Gasteiger partial charge on any atom is 0.255 e. The van der Waals surface area contributed by atoms with E-state index in [0.29, 0.717) is 5.56 Å². The minimum Gasteiger partial charge on any atom is -0.378 e. The van der Waals surface area contributed by atoms with Gasteiger partial charge in [-0.25, -0.2) is 0 Å². The van der Waals surface area contributed by atoms with Gasteiger partial charge in [-0.1, -0.05) is 42.5 Å². The van der Waals surface area contributed by atoms with Gasteiger partial charge in [0.2, 0.25) is 0 Å². The normalized spacial score (nSPS) is 10.4. The third kappa shape index (κ3) is 3.89. The Bertz CT molecular complexity index is 868. The summed E-state index contributed by atoms with van der Waals surface area (Å²) in [5.74, 6) is -0.0937. The van der Waals surface area contributed by atoms with Crippen molar-refractivity contribution in [3.05, 3.63) is 83.9 Å². The summed E-state index contributed by atoms with van der Waals surface area (Å²) in [7, 11) is 4.05. The smallest absolute Gasteiger partial charge is 0.255 e. The van der Waals surface area contributed by atoms with Crippen LogP contribution in [0.5, 0.6) is 0 Å². The summed E-state index contributed by atoms with van der Waals surface area (Å²) >= 11 is 0. The minimum atomic E-state index is -0.0937. The molecule has 0 aliphatic rings. The summed E-state index contributed by atoms with van der Waals surface area (Å²) in [6.45, 7) is 2.00. The van der Waals surface area contributed by atoms with E-state index in [1.54, 1.807) is 0 Å². The van der Waals surface area contributed by atoms with Crippen LogP contribution in [0.4, 0.5) is 11.4 Å². The number of aryl methyl sites for hydroxylation is 1. The molecule has 0 bridgehead atoms. The Morgan fingerprint density at radius 1 is 0.840 bits per heavy atom. The van der Waals surface area contributed by atoms with Gasteiger partial charge in [-0.15, -0.1) is 0 Å². The lowest BCUT2D eigenvalue weighted by molar-refractivity contribution is 0.102. The van der Waals surface area contributed by atoms with Crippen molar-refractivity contribution in [2.24, 2.45) is 0 Å². The molecule has 0 radical (unpaired) electrons. The number of benzene rings is 3. The van der Waals surface area contributed by atoms with E-state index in [4.69, 9.17) is 0 Å². The number of carbonyl (C=O) groups is 1. The van der Waals surface area contributed by atoms with Gasteiger partial charge in [0.1, 0.15) is 0 Å². The summed E-state index contributed by atoms with van der Waals surface area (Å²) < 4.78 is 0. The molecule has 25 heavy (non-hydrogen) atoms. The molecule has 3 nitrogen and oxygen atoms in total. The van der Waals surface area contributed by atoms with E-state index >= 15 is 0 Å². The van der Waals surface area contributed by atoms with Gasteiger partial charge < -0.3 is 10.2 Å². The van der Waals surface area contributed by atoms with Crippen LogP contribution in [0.15, 0.2) is 72.8 Å². The molecule has 0 fully saturated rings. The van der Waals surface area contributed by atoms with E-state index in [1.807, 2.05) is 63.5 Å². The third-order valence-corrected chi connectivity index (χ3v) is 4.24. The third-order valence-electron chi connectivity index (χ3n) is 4.24. The van der Waals surface area contributed by atoms with Crippen LogP contribution in [0.2, 0.25) is 0 Å². The highest BCUT2D eigenvalue weighted by Crippen LogP contribution is 2.27. The quantitative estimate of drug-likeness (QED) is 0.731. The van der Waals surface area contributed by atoms with Crippen LogP contribution in [0.25, 0.3) is 11.1 Å². The zero-order valence-electron chi connectivity index (χ0n) is 14.8. The highest BCUT2D eigenvalue weighted by atomic mass is 16.1. The first kappa shape index (κ1) is 16.8. The predicted molar refractivity (Wildman–Crippen MR) is 105 cm³/mol. The number of rotatable bonds is 4. The highest BCUT2D eigenvalue weighted by Gasteiger charge is 2.09. The molecule has 3 aromatic carbocycles. The van der Waals surface area contributed by atoms with E-state index in [1.165, 1.54) is 0 Å². The Labute approximate surface area is 148 Å². The zero-order valence-corrected chi connectivity index (χ0v) is 14.8. The molecule has 0 saturated carbocycles. The van der Waals surface area contributed by atoms with Crippen LogP contribution < -0.4 is 10.2 Å². The Balaban J connectivity index is 1.86. The van der Waals surface area contributed by atoms with Gasteiger partial charge in [-0.05, 0) is 53.9 Å². The largest absolute Gasteiger partial charge is 0.378 e. The van der Waals surface area contributed by atoms with E-state index in [9.17, 15) is 4.79 Å². The Morgan fingerprint density at radius 3 is 2.12 bits per heavy atom. The fourth-order valence-corrected chi connectivity index (χ4v) is 2.67. The van der Waals surface area contributed by atoms with Gasteiger partial charge in [0.05, 0.1) is 0 Å². The molecule has 0 aliphatic carbocycles. The topological polar surface area (TPSA) is 32.3 Å². The molecule has 0 unspecified atom stereocenters. The molecule has 3 heteroatoms. The van der Waals surface area contributed by atoms with Crippen molar-refractivity contribution in [1.29, 1.82) is 0 Å². The lowest BCUT2D eigenvalue weighted by Crippen LogP contribution is -2.12. The van der Waals surface area contributed by atoms with Crippen LogP contribution in [0.1, 0.15) is 15.9 Å². The van der Waals surface area contributed by atoms with Gasteiger partial charge in [0.15, 0.2) is 0 Å². The van der Waals surface area contributed by atoms with E-state index < -0.39 is 0 Å². The van der Waals surface area contributed by atoms with E-state index in [2.05, 4.69) is 40.5 Å². The predicted octanol–water partition coefficient (Wildman–Crippen LogP) is 4.98. The SMILES string of the molecule is Cc1ccc(-c2ccc(N(C)C)cc2)cc1NC(=O)c1ccccc1. The van der Waals surface area contributed by atoms with Gasteiger partial charge >= 0.3 is 0 Å². The standard InChI is InChI=1S/C22H22N2O/c1-16-9-10-19(17-11-13-20(14-12-17)24(2)3)15-21(16)23-22(25)18-7-5-4-6-8-18/h4-15H,1-3H3,(H,23,25). The van der Waals surface area contributed by atoms with Gasteiger partial charge in [-0.3, -0.25) is 4.79 Å². The minimum absolute atomic E-state index is 0.0937. The number of carbonyl (C=O) groups excluding carboxylic acids is 1. The van der Waals surface area contributed by atoms with Crippen molar-refractivity contribution in [3.63, 3.8) is 0 Å². The molecular formula is C22H22N2O. The molecule has 0 saturated heterocycles. The van der Waals surface area contributed by atoms with Crippen molar-refractivity contribution in [2.75, 3.05) is 24.3 Å². The summed E-state index contributed by atoms with van der Waals surface area (Å²) in [6, 6.07) is 23.8. The van der Waals surface area contributed by atoms with Crippen molar-refractivity contribution >= 4 is 17.3 Å². The molecule has 0 aliphatic heterocycles. The Kier molecular flexibility index (Phi) is 4.85. The van der Waals surface area contributed by atoms with Crippen LogP contribution in [0.3, 0.4) is 0 Å². The molecule has 0 spiro atoms. The molecule has 1 amide bonds. The summed E-state index contributed by atoms with van der Waals surface area (Å²) in [6.07, 6.45) is 0. The van der Waals surface area contributed by atoms with Crippen LogP contribution in [-0.4, -0.2) is 20.0 Å². The lowest BCUT2D eigenvalue weighted by Gasteiger charge is -2.14. The molecule has 126 valence electrons. The number of nitrogens with zero attached hydrogens (tertiary/aromatic N) is 1. The van der Waals surface area contributed by atoms with Crippen molar-refractivity contribution in [2.45, 2.75) is 6.92 Å². The van der Waals surface area contributed by atoms with Gasteiger partial charge in [-0.2, -0.15) is 0 Å². The second-order valence-corrected chi connectivity index (χ2v) is 6.29. The number of amides is 1. The molecule has 0 heterocycles. The lowest BCUT2D eigenvalue weighted by atomic mass is 10.0. The van der Waals surface area contributed by atoms with Crippen molar-refractivity contribution in [1.82, 2.24) is 0 Å². The van der Waals surface area contributed by atoms with Gasteiger partial charge in [0, 0.05) is 31.0 Å².